The van der Waals surface area contributed by atoms with Crippen molar-refractivity contribution in [2.45, 2.75) is 58.9 Å². The van der Waals surface area contributed by atoms with Crippen LogP contribution < -0.4 is 5.32 Å². The van der Waals surface area contributed by atoms with Gasteiger partial charge >= 0.3 is 0 Å². The number of hydrogen-bond acceptors (Lipinski definition) is 1. The summed E-state index contributed by atoms with van der Waals surface area (Å²) in [5.74, 6) is 1.73. The molecule has 1 aromatic carbocycles. The van der Waals surface area contributed by atoms with Crippen LogP contribution in [0.25, 0.3) is 0 Å². The second-order valence-electron chi connectivity index (χ2n) is 8.07. The molecule has 1 heteroatoms. The van der Waals surface area contributed by atoms with Gasteiger partial charge in [0.25, 0.3) is 0 Å². The van der Waals surface area contributed by atoms with Crippen LogP contribution in [0.2, 0.25) is 0 Å². The topological polar surface area (TPSA) is 12.0 Å². The maximum Gasteiger partial charge on any atom is 0.0130 e. The standard InChI is InChI=1S/C19H29N/c1-19(2,3)10-11-20-18-16-8-9-17(18)13-15-7-5-4-6-14(15)12-16/h4-7,16-18,20H,8-13H2,1-3H3. The second kappa shape index (κ2) is 5.52. The Balaban J connectivity index is 1.67. The highest BCUT2D eigenvalue weighted by Gasteiger charge is 2.38. The van der Waals surface area contributed by atoms with E-state index in [0.29, 0.717) is 5.41 Å². The normalized spacial score (nSPS) is 29.1. The second-order valence-corrected chi connectivity index (χ2v) is 8.07. The summed E-state index contributed by atoms with van der Waals surface area (Å²) in [4.78, 5) is 0. The van der Waals surface area contributed by atoms with E-state index in [1.54, 1.807) is 11.1 Å². The van der Waals surface area contributed by atoms with E-state index in [-0.39, 0.29) is 0 Å². The molecule has 0 spiro atoms. The summed E-state index contributed by atoms with van der Waals surface area (Å²) in [5, 5.41) is 3.92. The van der Waals surface area contributed by atoms with Crippen molar-refractivity contribution in [1.29, 1.82) is 0 Å². The first-order valence-electron chi connectivity index (χ1n) is 8.33. The molecule has 0 saturated heterocycles. The van der Waals surface area contributed by atoms with Crippen LogP contribution in [0.4, 0.5) is 0 Å². The molecule has 0 aromatic heterocycles. The molecular formula is C19H29N. The van der Waals surface area contributed by atoms with Crippen LogP contribution in [0.3, 0.4) is 0 Å². The molecular weight excluding hydrogens is 242 g/mol. The molecule has 20 heavy (non-hydrogen) atoms. The van der Waals surface area contributed by atoms with Gasteiger partial charge in [0.05, 0.1) is 0 Å². The van der Waals surface area contributed by atoms with Gasteiger partial charge < -0.3 is 5.32 Å². The summed E-state index contributed by atoms with van der Waals surface area (Å²) >= 11 is 0. The Morgan fingerprint density at radius 1 is 1.00 bits per heavy atom. The van der Waals surface area contributed by atoms with E-state index in [0.717, 1.165) is 17.9 Å². The third kappa shape index (κ3) is 3.09. The summed E-state index contributed by atoms with van der Waals surface area (Å²) < 4.78 is 0. The fourth-order valence-corrected chi connectivity index (χ4v) is 4.10. The van der Waals surface area contributed by atoms with Gasteiger partial charge in [-0.15, -0.1) is 0 Å². The Morgan fingerprint density at radius 2 is 1.55 bits per heavy atom. The lowest BCUT2D eigenvalue weighted by Gasteiger charge is -2.26. The largest absolute Gasteiger partial charge is 0.313 e. The quantitative estimate of drug-likeness (QED) is 0.868. The average molecular weight is 271 g/mol. The highest BCUT2D eigenvalue weighted by atomic mass is 14.9. The summed E-state index contributed by atoms with van der Waals surface area (Å²) in [5.41, 5.74) is 3.67. The van der Waals surface area contributed by atoms with Crippen LogP contribution in [-0.4, -0.2) is 12.6 Å². The maximum atomic E-state index is 3.92. The molecule has 0 heterocycles. The molecule has 2 bridgehead atoms. The van der Waals surface area contributed by atoms with Crippen LogP contribution in [-0.2, 0) is 12.8 Å². The Labute approximate surface area is 124 Å². The van der Waals surface area contributed by atoms with Gasteiger partial charge in [0.1, 0.15) is 0 Å². The zero-order valence-electron chi connectivity index (χ0n) is 13.3. The molecule has 0 amide bonds. The number of nitrogens with one attached hydrogen (secondary N) is 1. The first-order valence-corrected chi connectivity index (χ1v) is 8.33. The zero-order chi connectivity index (χ0) is 14.2. The van der Waals surface area contributed by atoms with Gasteiger partial charge in [-0.2, -0.15) is 0 Å². The number of hydrogen-bond donors (Lipinski definition) is 1. The molecule has 2 atom stereocenters. The minimum Gasteiger partial charge on any atom is -0.313 e. The fraction of sp³-hybridized carbons (Fsp3) is 0.684. The average Bonchev–Trinajstić information content (AvgIpc) is 2.64. The van der Waals surface area contributed by atoms with Gasteiger partial charge in [0, 0.05) is 6.04 Å². The maximum absolute atomic E-state index is 3.92. The van der Waals surface area contributed by atoms with E-state index < -0.39 is 0 Å². The minimum absolute atomic E-state index is 0.444. The first kappa shape index (κ1) is 14.1. The van der Waals surface area contributed by atoms with Crippen LogP contribution >= 0.6 is 0 Å². The smallest absolute Gasteiger partial charge is 0.0130 e. The van der Waals surface area contributed by atoms with Crippen molar-refractivity contribution in [1.82, 2.24) is 5.32 Å². The van der Waals surface area contributed by atoms with Gasteiger partial charge in [-0.1, -0.05) is 45.0 Å². The molecule has 110 valence electrons. The molecule has 0 aliphatic heterocycles. The summed E-state index contributed by atoms with van der Waals surface area (Å²) in [6, 6.07) is 9.87. The Morgan fingerprint density at radius 3 is 2.05 bits per heavy atom. The predicted octanol–water partition coefficient (Wildman–Crippen LogP) is 4.21. The Bertz CT molecular complexity index is 424. The van der Waals surface area contributed by atoms with Crippen molar-refractivity contribution in [2.24, 2.45) is 17.3 Å². The van der Waals surface area contributed by atoms with Crippen molar-refractivity contribution in [3.63, 3.8) is 0 Å². The van der Waals surface area contributed by atoms with Gasteiger partial charge in [-0.25, -0.2) is 0 Å². The molecule has 2 unspecified atom stereocenters. The molecule has 0 radical (unpaired) electrons. The van der Waals surface area contributed by atoms with E-state index in [1.165, 1.54) is 38.6 Å². The van der Waals surface area contributed by atoms with E-state index in [2.05, 4.69) is 50.4 Å². The van der Waals surface area contributed by atoms with Crippen molar-refractivity contribution in [3.05, 3.63) is 35.4 Å². The van der Waals surface area contributed by atoms with E-state index in [1.807, 2.05) is 0 Å². The van der Waals surface area contributed by atoms with E-state index in [9.17, 15) is 0 Å². The van der Waals surface area contributed by atoms with Crippen LogP contribution in [0.5, 0.6) is 0 Å². The minimum atomic E-state index is 0.444. The van der Waals surface area contributed by atoms with Gasteiger partial charge in [0.15, 0.2) is 0 Å². The van der Waals surface area contributed by atoms with Crippen molar-refractivity contribution in [2.75, 3.05) is 6.54 Å². The van der Waals surface area contributed by atoms with Gasteiger partial charge in [-0.3, -0.25) is 0 Å². The van der Waals surface area contributed by atoms with Crippen molar-refractivity contribution < 1.29 is 0 Å². The molecule has 1 fully saturated rings. The lowest BCUT2D eigenvalue weighted by atomic mass is 9.91. The molecule has 1 aromatic rings. The molecule has 1 saturated carbocycles. The lowest BCUT2D eigenvalue weighted by Crippen LogP contribution is -2.39. The van der Waals surface area contributed by atoms with E-state index in [4.69, 9.17) is 0 Å². The number of benzene rings is 1. The highest BCUT2D eigenvalue weighted by molar-refractivity contribution is 5.30. The molecule has 2 aliphatic carbocycles. The zero-order valence-corrected chi connectivity index (χ0v) is 13.3. The van der Waals surface area contributed by atoms with Crippen LogP contribution in [0, 0.1) is 17.3 Å². The number of fused-ring (bicyclic) bond motifs is 3. The molecule has 1 nitrogen and oxygen atoms in total. The Kier molecular flexibility index (Phi) is 3.90. The van der Waals surface area contributed by atoms with Crippen LogP contribution in [0.1, 0.15) is 51.2 Å². The fourth-order valence-electron chi connectivity index (χ4n) is 4.10. The lowest BCUT2D eigenvalue weighted by molar-refractivity contribution is 0.303. The van der Waals surface area contributed by atoms with Gasteiger partial charge in [-0.05, 0) is 67.0 Å². The Hall–Kier alpha value is -0.820. The molecule has 2 aliphatic rings. The SMILES string of the molecule is CC(C)(C)CCNC1C2CCC1Cc1ccccc1C2. The summed E-state index contributed by atoms with van der Waals surface area (Å²) in [6.45, 7) is 8.20. The summed E-state index contributed by atoms with van der Waals surface area (Å²) in [7, 11) is 0. The van der Waals surface area contributed by atoms with Crippen LogP contribution in [0.15, 0.2) is 24.3 Å². The predicted molar refractivity (Wildman–Crippen MR) is 85.9 cm³/mol. The summed E-state index contributed by atoms with van der Waals surface area (Å²) in [6.07, 6.45) is 6.70. The van der Waals surface area contributed by atoms with Crippen molar-refractivity contribution in [3.8, 4) is 0 Å². The molecule has 1 N–H and O–H groups in total. The third-order valence-electron chi connectivity index (χ3n) is 5.26. The van der Waals surface area contributed by atoms with Gasteiger partial charge in [0.2, 0.25) is 0 Å². The first-order chi connectivity index (χ1) is 9.53. The van der Waals surface area contributed by atoms with E-state index >= 15 is 0 Å². The highest BCUT2D eigenvalue weighted by Crippen LogP contribution is 2.40. The van der Waals surface area contributed by atoms with Crippen molar-refractivity contribution >= 4 is 0 Å². The third-order valence-corrected chi connectivity index (χ3v) is 5.26. The molecule has 3 rings (SSSR count). The number of rotatable bonds is 3. The monoisotopic (exact) mass is 271 g/mol.